The first kappa shape index (κ1) is 20.6. The minimum absolute atomic E-state index is 0.793. The number of benzene rings is 1. The number of anilines is 1. The molecule has 1 saturated heterocycles. The van der Waals surface area contributed by atoms with Gasteiger partial charge >= 0.3 is 0 Å². The predicted octanol–water partition coefficient (Wildman–Crippen LogP) is 3.15. The second kappa shape index (κ2) is 11.1. The molecule has 146 valence electrons. The van der Waals surface area contributed by atoms with E-state index in [1.165, 1.54) is 30.5 Å². The maximum absolute atomic E-state index is 5.45. The normalized spacial score (nSPS) is 15.8. The average molecular weight is 361 g/mol. The Kier molecular flexibility index (Phi) is 8.75. The molecule has 1 aliphatic heterocycles. The Morgan fingerprint density at radius 2 is 2.04 bits per heavy atom. The molecular formula is C21H36N4O. The van der Waals surface area contributed by atoms with Gasteiger partial charge in [0.05, 0.1) is 0 Å². The molecule has 1 aliphatic rings. The van der Waals surface area contributed by atoms with Gasteiger partial charge in [-0.3, -0.25) is 4.99 Å². The number of hydrogen-bond donors (Lipinski definition) is 1. The van der Waals surface area contributed by atoms with E-state index < -0.39 is 0 Å². The van der Waals surface area contributed by atoms with Gasteiger partial charge in [0.25, 0.3) is 0 Å². The Bertz CT molecular complexity index is 555. The highest BCUT2D eigenvalue weighted by molar-refractivity contribution is 5.79. The van der Waals surface area contributed by atoms with Crippen molar-refractivity contribution in [1.82, 2.24) is 10.2 Å². The molecule has 1 heterocycles. The monoisotopic (exact) mass is 360 g/mol. The molecule has 0 unspecified atom stereocenters. The SMILES string of the molecule is CCN(CCNC(=NC)N(C)CCC1CCOCC1)c1cccc(C)c1. The van der Waals surface area contributed by atoms with E-state index in [9.17, 15) is 0 Å². The van der Waals surface area contributed by atoms with Crippen LogP contribution in [-0.4, -0.2) is 64.3 Å². The van der Waals surface area contributed by atoms with Crippen LogP contribution in [0.4, 0.5) is 5.69 Å². The number of aryl methyl sites for hydroxylation is 1. The molecule has 26 heavy (non-hydrogen) atoms. The smallest absolute Gasteiger partial charge is 0.193 e. The number of nitrogens with zero attached hydrogens (tertiary/aromatic N) is 3. The molecule has 5 nitrogen and oxygen atoms in total. The van der Waals surface area contributed by atoms with Crippen molar-refractivity contribution in [2.24, 2.45) is 10.9 Å². The van der Waals surface area contributed by atoms with Gasteiger partial charge in [0.15, 0.2) is 5.96 Å². The summed E-state index contributed by atoms with van der Waals surface area (Å²) in [6.45, 7) is 10.1. The summed E-state index contributed by atoms with van der Waals surface area (Å²) in [5.41, 5.74) is 2.59. The summed E-state index contributed by atoms with van der Waals surface area (Å²) in [6, 6.07) is 8.71. The number of aliphatic imine (C=N–C) groups is 1. The van der Waals surface area contributed by atoms with E-state index in [0.29, 0.717) is 0 Å². The number of nitrogens with one attached hydrogen (secondary N) is 1. The van der Waals surface area contributed by atoms with E-state index in [-0.39, 0.29) is 0 Å². The zero-order valence-electron chi connectivity index (χ0n) is 17.0. The topological polar surface area (TPSA) is 40.1 Å². The molecule has 0 amide bonds. The first-order valence-electron chi connectivity index (χ1n) is 9.95. The lowest BCUT2D eigenvalue weighted by molar-refractivity contribution is 0.0625. The van der Waals surface area contributed by atoms with Crippen LogP contribution < -0.4 is 10.2 Å². The Balaban J connectivity index is 1.76. The molecular weight excluding hydrogens is 324 g/mol. The quantitative estimate of drug-likeness (QED) is 0.571. The molecule has 1 aromatic rings. The van der Waals surface area contributed by atoms with Crippen LogP contribution in [0.15, 0.2) is 29.3 Å². The molecule has 0 aliphatic carbocycles. The van der Waals surface area contributed by atoms with Crippen LogP contribution >= 0.6 is 0 Å². The Morgan fingerprint density at radius 3 is 2.69 bits per heavy atom. The van der Waals surface area contributed by atoms with Gasteiger partial charge in [-0.2, -0.15) is 0 Å². The van der Waals surface area contributed by atoms with Crippen molar-refractivity contribution in [2.45, 2.75) is 33.1 Å². The lowest BCUT2D eigenvalue weighted by atomic mass is 9.96. The maximum Gasteiger partial charge on any atom is 0.193 e. The maximum atomic E-state index is 5.45. The predicted molar refractivity (Wildman–Crippen MR) is 111 cm³/mol. The van der Waals surface area contributed by atoms with E-state index in [1.807, 2.05) is 7.05 Å². The number of rotatable bonds is 8. The van der Waals surface area contributed by atoms with Crippen LogP contribution in [0.25, 0.3) is 0 Å². The average Bonchev–Trinajstić information content (AvgIpc) is 2.67. The molecule has 0 aromatic heterocycles. The van der Waals surface area contributed by atoms with Crippen molar-refractivity contribution in [1.29, 1.82) is 0 Å². The van der Waals surface area contributed by atoms with E-state index >= 15 is 0 Å². The van der Waals surface area contributed by atoms with Crippen LogP contribution in [0.1, 0.15) is 31.7 Å². The molecule has 0 saturated carbocycles. The molecule has 5 heteroatoms. The molecule has 2 rings (SSSR count). The highest BCUT2D eigenvalue weighted by Gasteiger charge is 2.15. The summed E-state index contributed by atoms with van der Waals surface area (Å²) < 4.78 is 5.45. The molecule has 0 spiro atoms. The van der Waals surface area contributed by atoms with E-state index in [4.69, 9.17) is 4.74 Å². The molecule has 1 N–H and O–H groups in total. The highest BCUT2D eigenvalue weighted by atomic mass is 16.5. The third kappa shape index (κ3) is 6.52. The zero-order valence-corrected chi connectivity index (χ0v) is 17.0. The summed E-state index contributed by atoms with van der Waals surface area (Å²) >= 11 is 0. The number of guanidine groups is 1. The van der Waals surface area contributed by atoms with Gasteiger partial charge < -0.3 is 19.9 Å². The Labute approximate surface area is 159 Å². The van der Waals surface area contributed by atoms with Gasteiger partial charge in [-0.1, -0.05) is 12.1 Å². The lowest BCUT2D eigenvalue weighted by Gasteiger charge is -2.28. The molecule has 1 fully saturated rings. The summed E-state index contributed by atoms with van der Waals surface area (Å²) in [6.07, 6.45) is 3.61. The van der Waals surface area contributed by atoms with Gasteiger partial charge in [0, 0.05) is 59.2 Å². The summed E-state index contributed by atoms with van der Waals surface area (Å²) in [7, 11) is 4.00. The van der Waals surface area contributed by atoms with E-state index in [0.717, 1.165) is 51.3 Å². The zero-order chi connectivity index (χ0) is 18.8. The number of hydrogen-bond acceptors (Lipinski definition) is 3. The van der Waals surface area contributed by atoms with Crippen molar-refractivity contribution >= 4 is 11.6 Å². The van der Waals surface area contributed by atoms with Gasteiger partial charge in [-0.05, 0) is 56.7 Å². The third-order valence-corrected chi connectivity index (χ3v) is 5.20. The second-order valence-electron chi connectivity index (χ2n) is 7.16. The Morgan fingerprint density at radius 1 is 1.27 bits per heavy atom. The van der Waals surface area contributed by atoms with Gasteiger partial charge in [0.2, 0.25) is 0 Å². The second-order valence-corrected chi connectivity index (χ2v) is 7.16. The van der Waals surface area contributed by atoms with E-state index in [1.54, 1.807) is 0 Å². The van der Waals surface area contributed by atoms with Crippen LogP contribution in [0.3, 0.4) is 0 Å². The standard InChI is InChI=1S/C21H36N4O/c1-5-25(20-8-6-7-18(2)17-20)14-12-23-21(22-3)24(4)13-9-19-10-15-26-16-11-19/h6-8,17,19H,5,9-16H2,1-4H3,(H,22,23). The number of ether oxygens (including phenoxy) is 1. The first-order chi connectivity index (χ1) is 12.6. The van der Waals surface area contributed by atoms with Crippen molar-refractivity contribution in [3.63, 3.8) is 0 Å². The van der Waals surface area contributed by atoms with Crippen LogP contribution in [-0.2, 0) is 4.74 Å². The van der Waals surface area contributed by atoms with Crippen LogP contribution in [0, 0.1) is 12.8 Å². The third-order valence-electron chi connectivity index (χ3n) is 5.20. The minimum atomic E-state index is 0.793. The number of likely N-dealkylation sites (N-methyl/N-ethyl adjacent to an activating group) is 1. The fraction of sp³-hybridized carbons (Fsp3) is 0.667. The van der Waals surface area contributed by atoms with Crippen molar-refractivity contribution < 1.29 is 4.74 Å². The van der Waals surface area contributed by atoms with Gasteiger partial charge in [0.1, 0.15) is 0 Å². The van der Waals surface area contributed by atoms with Crippen molar-refractivity contribution in [2.75, 3.05) is 58.4 Å². The minimum Gasteiger partial charge on any atom is -0.381 e. The lowest BCUT2D eigenvalue weighted by Crippen LogP contribution is -2.43. The molecule has 0 radical (unpaired) electrons. The van der Waals surface area contributed by atoms with Crippen molar-refractivity contribution in [3.05, 3.63) is 29.8 Å². The fourth-order valence-corrected chi connectivity index (χ4v) is 3.50. The highest BCUT2D eigenvalue weighted by Crippen LogP contribution is 2.18. The summed E-state index contributed by atoms with van der Waals surface area (Å²) in [5, 5.41) is 3.52. The fourth-order valence-electron chi connectivity index (χ4n) is 3.50. The van der Waals surface area contributed by atoms with Crippen LogP contribution in [0.5, 0.6) is 0 Å². The molecule has 0 atom stereocenters. The molecule has 0 bridgehead atoms. The summed E-state index contributed by atoms with van der Waals surface area (Å²) in [4.78, 5) is 9.10. The van der Waals surface area contributed by atoms with Crippen LogP contribution in [0.2, 0.25) is 0 Å². The first-order valence-corrected chi connectivity index (χ1v) is 9.95. The van der Waals surface area contributed by atoms with Gasteiger partial charge in [-0.25, -0.2) is 0 Å². The Hall–Kier alpha value is -1.75. The van der Waals surface area contributed by atoms with E-state index in [2.05, 4.69) is 65.3 Å². The van der Waals surface area contributed by atoms with Crippen molar-refractivity contribution in [3.8, 4) is 0 Å². The largest absolute Gasteiger partial charge is 0.381 e. The van der Waals surface area contributed by atoms with Gasteiger partial charge in [-0.15, -0.1) is 0 Å². The molecule has 1 aromatic carbocycles. The summed E-state index contributed by atoms with van der Waals surface area (Å²) in [5.74, 6) is 1.78.